The predicted octanol–water partition coefficient (Wildman–Crippen LogP) is 3.68. The van der Waals surface area contributed by atoms with Crippen LogP contribution in [0.2, 0.25) is 5.02 Å². The number of nitrogens with zero attached hydrogens (tertiary/aromatic N) is 4. The number of anilines is 3. The Morgan fingerprint density at radius 1 is 1.21 bits per heavy atom. The summed E-state index contributed by atoms with van der Waals surface area (Å²) >= 11 is 5.85. The Morgan fingerprint density at radius 2 is 2.03 bits per heavy atom. The highest BCUT2D eigenvalue weighted by molar-refractivity contribution is 6.31. The van der Waals surface area contributed by atoms with Crippen LogP contribution >= 0.6 is 11.6 Å². The molecule has 0 aliphatic carbocycles. The minimum Gasteiger partial charge on any atom is -0.467 e. The first-order chi connectivity index (χ1) is 14.1. The van der Waals surface area contributed by atoms with E-state index < -0.39 is 5.82 Å². The lowest BCUT2D eigenvalue weighted by Crippen LogP contribution is -2.20. The second kappa shape index (κ2) is 8.54. The fourth-order valence-corrected chi connectivity index (χ4v) is 3.05. The molecule has 1 aliphatic rings. The van der Waals surface area contributed by atoms with Crippen molar-refractivity contribution in [1.82, 2.24) is 19.9 Å². The molecule has 0 saturated carbocycles. The van der Waals surface area contributed by atoms with Crippen molar-refractivity contribution in [2.24, 2.45) is 0 Å². The van der Waals surface area contributed by atoms with Crippen LogP contribution in [0, 0.1) is 5.82 Å². The van der Waals surface area contributed by atoms with E-state index in [1.165, 1.54) is 19.2 Å². The molecule has 0 spiro atoms. The average molecular weight is 417 g/mol. The van der Waals surface area contributed by atoms with Gasteiger partial charge in [0, 0.05) is 42.0 Å². The number of halogens is 2. The van der Waals surface area contributed by atoms with Gasteiger partial charge in [-0.25, -0.2) is 19.3 Å². The van der Waals surface area contributed by atoms with Gasteiger partial charge in [-0.2, -0.15) is 4.98 Å². The maximum absolute atomic E-state index is 13.4. The van der Waals surface area contributed by atoms with Crippen LogP contribution in [-0.2, 0) is 4.74 Å². The fourth-order valence-electron chi connectivity index (χ4n) is 2.87. The van der Waals surface area contributed by atoms with Crippen LogP contribution in [0.25, 0.3) is 11.1 Å². The van der Waals surface area contributed by atoms with E-state index in [2.05, 4.69) is 30.6 Å². The Bertz CT molecular complexity index is 998. The van der Waals surface area contributed by atoms with Gasteiger partial charge in [0.15, 0.2) is 0 Å². The van der Waals surface area contributed by atoms with Crippen LogP contribution in [0.15, 0.2) is 36.8 Å². The molecule has 3 heterocycles. The zero-order chi connectivity index (χ0) is 20.2. The number of rotatable bonds is 6. The number of methoxy groups -OCH3 is 1. The lowest BCUT2D eigenvalue weighted by molar-refractivity contribution is 0.195. The second-order valence-corrected chi connectivity index (χ2v) is 6.78. The van der Waals surface area contributed by atoms with E-state index in [4.69, 9.17) is 21.1 Å². The van der Waals surface area contributed by atoms with E-state index in [1.54, 1.807) is 24.7 Å². The molecular weight excluding hydrogens is 399 g/mol. The summed E-state index contributed by atoms with van der Waals surface area (Å²) < 4.78 is 23.8. The molecule has 0 bridgehead atoms. The summed E-state index contributed by atoms with van der Waals surface area (Å²) in [5.41, 5.74) is 2.05. The third kappa shape index (κ3) is 4.52. The molecule has 1 fully saturated rings. The SMILES string of the molecule is COc1ncc(-c2cnc(Nc3ccc(F)c(Cl)c3)nc2NC2CCOC2)cn1. The second-order valence-electron chi connectivity index (χ2n) is 6.37. The number of ether oxygens (including phenoxy) is 2. The third-order valence-electron chi connectivity index (χ3n) is 4.36. The molecule has 2 N–H and O–H groups in total. The molecule has 10 heteroatoms. The monoisotopic (exact) mass is 416 g/mol. The first-order valence-electron chi connectivity index (χ1n) is 8.92. The van der Waals surface area contributed by atoms with E-state index in [9.17, 15) is 4.39 Å². The van der Waals surface area contributed by atoms with E-state index in [0.717, 1.165) is 17.5 Å². The van der Waals surface area contributed by atoms with Crippen LogP contribution in [0.5, 0.6) is 6.01 Å². The summed E-state index contributed by atoms with van der Waals surface area (Å²) in [6, 6.07) is 4.73. The number of hydrogen-bond donors (Lipinski definition) is 2. The zero-order valence-electron chi connectivity index (χ0n) is 15.5. The quantitative estimate of drug-likeness (QED) is 0.628. The van der Waals surface area contributed by atoms with Gasteiger partial charge in [-0.05, 0) is 24.6 Å². The van der Waals surface area contributed by atoms with E-state index >= 15 is 0 Å². The first kappa shape index (κ1) is 19.3. The van der Waals surface area contributed by atoms with Crippen molar-refractivity contribution in [3.63, 3.8) is 0 Å². The summed E-state index contributed by atoms with van der Waals surface area (Å²) in [7, 11) is 1.51. The maximum Gasteiger partial charge on any atom is 0.316 e. The highest BCUT2D eigenvalue weighted by Gasteiger charge is 2.19. The summed E-state index contributed by atoms with van der Waals surface area (Å²) in [6.07, 6.45) is 5.84. The first-order valence-corrected chi connectivity index (χ1v) is 9.30. The van der Waals surface area contributed by atoms with Crippen molar-refractivity contribution in [2.75, 3.05) is 31.0 Å². The van der Waals surface area contributed by atoms with Gasteiger partial charge in [-0.1, -0.05) is 11.6 Å². The molecule has 2 aromatic heterocycles. The minimum atomic E-state index is -0.489. The maximum atomic E-state index is 13.4. The smallest absolute Gasteiger partial charge is 0.316 e. The molecule has 0 radical (unpaired) electrons. The molecule has 1 saturated heterocycles. The van der Waals surface area contributed by atoms with Gasteiger partial charge in [-0.15, -0.1) is 0 Å². The molecule has 0 amide bonds. The van der Waals surface area contributed by atoms with Gasteiger partial charge < -0.3 is 20.1 Å². The Morgan fingerprint density at radius 3 is 2.72 bits per heavy atom. The molecule has 1 aliphatic heterocycles. The Hall–Kier alpha value is -3.04. The number of aromatic nitrogens is 4. The van der Waals surface area contributed by atoms with Gasteiger partial charge in [-0.3, -0.25) is 0 Å². The lowest BCUT2D eigenvalue weighted by atomic mass is 10.1. The molecule has 150 valence electrons. The van der Waals surface area contributed by atoms with Crippen molar-refractivity contribution in [3.8, 4) is 17.1 Å². The topological polar surface area (TPSA) is 94.1 Å². The van der Waals surface area contributed by atoms with Crippen molar-refractivity contribution < 1.29 is 13.9 Å². The fraction of sp³-hybridized carbons (Fsp3) is 0.263. The molecule has 1 aromatic carbocycles. The van der Waals surface area contributed by atoms with Crippen LogP contribution in [0.4, 0.5) is 21.8 Å². The van der Waals surface area contributed by atoms with Gasteiger partial charge in [0.2, 0.25) is 5.95 Å². The number of benzene rings is 1. The number of hydrogen-bond acceptors (Lipinski definition) is 8. The Labute approximate surface area is 171 Å². The highest BCUT2D eigenvalue weighted by atomic mass is 35.5. The van der Waals surface area contributed by atoms with Crippen molar-refractivity contribution in [3.05, 3.63) is 47.6 Å². The summed E-state index contributed by atoms with van der Waals surface area (Å²) in [6.45, 7) is 1.29. The standard InChI is InChI=1S/C19H18ClFN6O2/c1-28-19-23-7-11(8-24-19)14-9-22-18(26-12-2-3-16(21)15(20)6-12)27-17(14)25-13-4-5-29-10-13/h2-3,6-9,13H,4-5,10H2,1H3,(H2,22,25,26,27). The summed E-state index contributed by atoms with van der Waals surface area (Å²) in [4.78, 5) is 17.2. The number of nitrogens with one attached hydrogen (secondary N) is 2. The van der Waals surface area contributed by atoms with E-state index in [-0.39, 0.29) is 17.1 Å². The largest absolute Gasteiger partial charge is 0.467 e. The van der Waals surface area contributed by atoms with Crippen molar-refractivity contribution in [1.29, 1.82) is 0 Å². The van der Waals surface area contributed by atoms with Gasteiger partial charge in [0.1, 0.15) is 11.6 Å². The van der Waals surface area contributed by atoms with Gasteiger partial charge in [0.25, 0.3) is 0 Å². The lowest BCUT2D eigenvalue weighted by Gasteiger charge is -2.16. The highest BCUT2D eigenvalue weighted by Crippen LogP contribution is 2.29. The van der Waals surface area contributed by atoms with E-state index in [0.29, 0.717) is 30.7 Å². The Kier molecular flexibility index (Phi) is 5.68. The minimum absolute atomic E-state index is 0.0171. The van der Waals surface area contributed by atoms with Crippen molar-refractivity contribution >= 4 is 29.1 Å². The molecule has 8 nitrogen and oxygen atoms in total. The average Bonchev–Trinajstić information content (AvgIpc) is 3.24. The molecule has 3 aromatic rings. The van der Waals surface area contributed by atoms with Gasteiger partial charge in [0.05, 0.1) is 24.8 Å². The van der Waals surface area contributed by atoms with Crippen LogP contribution < -0.4 is 15.4 Å². The van der Waals surface area contributed by atoms with Gasteiger partial charge >= 0.3 is 6.01 Å². The van der Waals surface area contributed by atoms with Crippen LogP contribution in [0.3, 0.4) is 0 Å². The molecule has 1 atom stereocenters. The molecular formula is C19H18ClFN6O2. The third-order valence-corrected chi connectivity index (χ3v) is 4.65. The van der Waals surface area contributed by atoms with Crippen LogP contribution in [-0.4, -0.2) is 46.3 Å². The predicted molar refractivity (Wildman–Crippen MR) is 107 cm³/mol. The normalized spacial score (nSPS) is 15.9. The summed E-state index contributed by atoms with van der Waals surface area (Å²) in [5, 5.41) is 6.45. The zero-order valence-corrected chi connectivity index (χ0v) is 16.3. The van der Waals surface area contributed by atoms with E-state index in [1.807, 2.05) is 0 Å². The van der Waals surface area contributed by atoms with Crippen LogP contribution in [0.1, 0.15) is 6.42 Å². The molecule has 29 heavy (non-hydrogen) atoms. The summed E-state index contributed by atoms with van der Waals surface area (Å²) in [5.74, 6) is 0.462. The molecule has 4 rings (SSSR count). The Balaban J connectivity index is 1.65. The van der Waals surface area contributed by atoms with Crippen molar-refractivity contribution in [2.45, 2.75) is 12.5 Å². The molecule has 1 unspecified atom stereocenters.